The van der Waals surface area contributed by atoms with Crippen LogP contribution in [0.1, 0.15) is 66.2 Å². The first-order valence-electron chi connectivity index (χ1n) is 13.1. The summed E-state index contributed by atoms with van der Waals surface area (Å²) in [7, 11) is 0. The molecule has 6 heteroatoms. The van der Waals surface area contributed by atoms with E-state index in [1.165, 1.54) is 11.6 Å². The summed E-state index contributed by atoms with van der Waals surface area (Å²) >= 11 is 0. The average Bonchev–Trinajstić information content (AvgIpc) is 2.81. The Morgan fingerprint density at radius 1 is 1.11 bits per heavy atom. The monoisotopic (exact) mass is 514 g/mol. The Balaban J connectivity index is 0.00000481. The molecule has 3 rings (SSSR count). The minimum absolute atomic E-state index is 0. The standard InChI is InChI=1S/C30H42O6.CH4/c1-21-15-16-34-26(19-21)13-14-28(32)29-11-4-7-24(31)18-22(2)17-23(3)20-27-10-5-8-25(35-27)9-6-12-30(33)36-29;/h4-8,12-15,23-29,31-32H,2,9-11,16-20H2,1,3H3;1H4/b7-4+,12-6-,14-13+;/t23-,24+,25-,26+,27-,28-,29-;/m0./s1. The van der Waals surface area contributed by atoms with E-state index in [2.05, 4.69) is 26.5 Å². The molecule has 0 saturated heterocycles. The second kappa shape index (κ2) is 15.9. The van der Waals surface area contributed by atoms with Crippen molar-refractivity contribution in [2.75, 3.05) is 6.61 Å². The Labute approximate surface area is 223 Å². The van der Waals surface area contributed by atoms with Crippen LogP contribution in [0.25, 0.3) is 0 Å². The minimum Gasteiger partial charge on any atom is -0.456 e. The average molecular weight is 515 g/mol. The first kappa shape index (κ1) is 31.0. The lowest BCUT2D eigenvalue weighted by Crippen LogP contribution is -2.30. The molecule has 0 amide bonds. The van der Waals surface area contributed by atoms with Crippen LogP contribution in [0.5, 0.6) is 0 Å². The number of cyclic esters (lactones) is 1. The third-order valence-electron chi connectivity index (χ3n) is 6.70. The third kappa shape index (κ3) is 11.3. The van der Waals surface area contributed by atoms with Crippen molar-refractivity contribution in [2.24, 2.45) is 5.92 Å². The zero-order valence-corrected chi connectivity index (χ0v) is 21.6. The smallest absolute Gasteiger partial charge is 0.330 e. The van der Waals surface area contributed by atoms with Crippen molar-refractivity contribution < 1.29 is 29.2 Å². The minimum atomic E-state index is -1.01. The van der Waals surface area contributed by atoms with E-state index >= 15 is 0 Å². The predicted octanol–water partition coefficient (Wildman–Crippen LogP) is 5.53. The van der Waals surface area contributed by atoms with Crippen LogP contribution in [0.3, 0.4) is 0 Å². The number of carbonyl (C=O) groups excluding carboxylic acids is 1. The molecule has 0 aromatic carbocycles. The Bertz CT molecular complexity index is 882. The molecule has 3 aliphatic rings. The van der Waals surface area contributed by atoms with Crippen molar-refractivity contribution in [1.29, 1.82) is 0 Å². The predicted molar refractivity (Wildman–Crippen MR) is 148 cm³/mol. The lowest BCUT2D eigenvalue weighted by atomic mass is 9.91. The van der Waals surface area contributed by atoms with Crippen molar-refractivity contribution in [1.82, 2.24) is 0 Å². The molecule has 3 aliphatic heterocycles. The summed E-state index contributed by atoms with van der Waals surface area (Å²) in [5, 5.41) is 21.3. The van der Waals surface area contributed by atoms with E-state index in [1.54, 1.807) is 24.3 Å². The molecule has 2 N–H and O–H groups in total. The van der Waals surface area contributed by atoms with Crippen LogP contribution in [0.2, 0.25) is 0 Å². The van der Waals surface area contributed by atoms with Crippen LogP contribution in [0.4, 0.5) is 0 Å². The molecule has 0 aromatic rings. The van der Waals surface area contributed by atoms with Gasteiger partial charge in [-0.2, -0.15) is 0 Å². The molecular formula is C31H46O6. The summed E-state index contributed by atoms with van der Waals surface area (Å²) in [5.74, 6) is -0.123. The highest BCUT2D eigenvalue weighted by Crippen LogP contribution is 2.26. The van der Waals surface area contributed by atoms with E-state index in [9.17, 15) is 15.0 Å². The number of aliphatic hydroxyl groups excluding tert-OH is 2. The van der Waals surface area contributed by atoms with Crippen LogP contribution < -0.4 is 0 Å². The molecule has 0 unspecified atom stereocenters. The zero-order valence-electron chi connectivity index (χ0n) is 21.6. The van der Waals surface area contributed by atoms with Crippen molar-refractivity contribution >= 4 is 5.97 Å². The fourth-order valence-corrected chi connectivity index (χ4v) is 4.86. The molecule has 37 heavy (non-hydrogen) atoms. The molecule has 0 aliphatic carbocycles. The first-order chi connectivity index (χ1) is 17.3. The van der Waals surface area contributed by atoms with E-state index in [0.29, 0.717) is 25.4 Å². The van der Waals surface area contributed by atoms with Gasteiger partial charge in [0.25, 0.3) is 0 Å². The van der Waals surface area contributed by atoms with Crippen molar-refractivity contribution in [3.05, 3.63) is 72.4 Å². The van der Waals surface area contributed by atoms with Gasteiger partial charge in [0, 0.05) is 12.5 Å². The van der Waals surface area contributed by atoms with Crippen LogP contribution in [0, 0.1) is 5.92 Å². The summed E-state index contributed by atoms with van der Waals surface area (Å²) < 4.78 is 17.5. The maximum absolute atomic E-state index is 12.5. The van der Waals surface area contributed by atoms with Gasteiger partial charge >= 0.3 is 5.97 Å². The van der Waals surface area contributed by atoms with Gasteiger partial charge in [0.15, 0.2) is 0 Å². The Hall–Kier alpha value is -2.25. The van der Waals surface area contributed by atoms with Gasteiger partial charge in [-0.15, -0.1) is 0 Å². The van der Waals surface area contributed by atoms with E-state index in [0.717, 1.165) is 31.3 Å². The zero-order chi connectivity index (χ0) is 25.9. The van der Waals surface area contributed by atoms with E-state index in [-0.39, 0.29) is 32.2 Å². The molecular weight excluding hydrogens is 468 g/mol. The Morgan fingerprint density at radius 2 is 1.89 bits per heavy atom. The van der Waals surface area contributed by atoms with Crippen LogP contribution in [-0.2, 0) is 19.0 Å². The Kier molecular flexibility index (Phi) is 13.3. The number of aliphatic hydroxyl groups is 2. The molecule has 0 fully saturated rings. The van der Waals surface area contributed by atoms with Gasteiger partial charge in [-0.3, -0.25) is 0 Å². The maximum atomic E-state index is 12.5. The highest BCUT2D eigenvalue weighted by molar-refractivity contribution is 5.82. The summed E-state index contributed by atoms with van der Waals surface area (Å²) in [6.45, 7) is 8.95. The second-order valence-electron chi connectivity index (χ2n) is 10.3. The first-order valence-corrected chi connectivity index (χ1v) is 13.1. The maximum Gasteiger partial charge on any atom is 0.330 e. The number of carbonyl (C=O) groups is 1. The van der Waals surface area contributed by atoms with Crippen LogP contribution in [0.15, 0.2) is 72.4 Å². The number of hydrogen-bond acceptors (Lipinski definition) is 6. The molecule has 0 spiro atoms. The number of rotatable bonds is 3. The summed E-state index contributed by atoms with van der Waals surface area (Å²) in [6, 6.07) is 0. The van der Waals surface area contributed by atoms with Gasteiger partial charge in [-0.25, -0.2) is 4.79 Å². The number of fused-ring (bicyclic) bond motifs is 2. The fourth-order valence-electron chi connectivity index (χ4n) is 4.86. The van der Waals surface area contributed by atoms with Crippen molar-refractivity contribution in [2.45, 2.75) is 103 Å². The van der Waals surface area contributed by atoms with Gasteiger partial charge in [0.1, 0.15) is 12.2 Å². The van der Waals surface area contributed by atoms with Gasteiger partial charge in [0.05, 0.1) is 31.0 Å². The largest absolute Gasteiger partial charge is 0.456 e. The van der Waals surface area contributed by atoms with Gasteiger partial charge in [0.2, 0.25) is 0 Å². The summed E-state index contributed by atoms with van der Waals surface area (Å²) in [4.78, 5) is 12.5. The number of hydrogen-bond donors (Lipinski definition) is 2. The molecule has 7 atom stereocenters. The topological polar surface area (TPSA) is 85.2 Å². The summed E-state index contributed by atoms with van der Waals surface area (Å²) in [5.41, 5.74) is 2.24. The van der Waals surface area contributed by atoms with E-state index < -0.39 is 24.3 Å². The highest BCUT2D eigenvalue weighted by Gasteiger charge is 2.23. The highest BCUT2D eigenvalue weighted by atomic mass is 16.6. The van der Waals surface area contributed by atoms with Crippen LogP contribution in [-0.4, -0.2) is 59.4 Å². The fraction of sp³-hybridized carbons (Fsp3) is 0.581. The molecule has 206 valence electrons. The second-order valence-corrected chi connectivity index (χ2v) is 10.3. The molecule has 3 heterocycles. The number of ether oxygens (including phenoxy) is 3. The molecule has 0 aromatic heterocycles. The van der Waals surface area contributed by atoms with Crippen LogP contribution >= 0.6 is 0 Å². The normalized spacial score (nSPS) is 34.9. The summed E-state index contributed by atoms with van der Waals surface area (Å²) in [6.07, 6.45) is 18.5. The van der Waals surface area contributed by atoms with Gasteiger partial charge in [-0.05, 0) is 51.4 Å². The van der Waals surface area contributed by atoms with Gasteiger partial charge in [-0.1, -0.05) is 80.7 Å². The SMILES string of the molecule is C.C=C1C[C@H](C)C[C@@H]2CC=C[C@@H](C/C=C\C(=O)O[C@H]([C@@H](O)/C=C/[C@@H]3CC(C)=CCO3)C/C=C/[C@@H](O)C1)O2. The lowest BCUT2D eigenvalue weighted by molar-refractivity contribution is -0.147. The molecule has 0 saturated carbocycles. The van der Waals surface area contributed by atoms with E-state index in [4.69, 9.17) is 14.2 Å². The van der Waals surface area contributed by atoms with Gasteiger partial charge < -0.3 is 24.4 Å². The quantitative estimate of drug-likeness (QED) is 0.381. The van der Waals surface area contributed by atoms with E-state index in [1.807, 2.05) is 18.2 Å². The Morgan fingerprint density at radius 3 is 2.68 bits per heavy atom. The third-order valence-corrected chi connectivity index (χ3v) is 6.70. The lowest BCUT2D eigenvalue weighted by Gasteiger charge is -2.28. The molecule has 6 nitrogen and oxygen atoms in total. The molecule has 2 bridgehead atoms. The van der Waals surface area contributed by atoms with Crippen molar-refractivity contribution in [3.8, 4) is 0 Å². The molecule has 0 radical (unpaired) electrons. The van der Waals surface area contributed by atoms with Crippen molar-refractivity contribution in [3.63, 3.8) is 0 Å². The number of esters is 1.